The van der Waals surface area contributed by atoms with Crippen molar-refractivity contribution in [1.82, 2.24) is 4.90 Å². The maximum atomic E-state index is 12.4. The molecule has 19 heavy (non-hydrogen) atoms. The molecule has 1 aromatic carbocycles. The number of benzene rings is 1. The number of likely N-dealkylation sites (tertiary alicyclic amines) is 1. The van der Waals surface area contributed by atoms with Crippen molar-refractivity contribution in [3.8, 4) is 5.75 Å². The van der Waals surface area contributed by atoms with Crippen LogP contribution in [0, 0.1) is 5.92 Å². The molecule has 4 heteroatoms. The molecule has 1 fully saturated rings. The Morgan fingerprint density at radius 3 is 2.79 bits per heavy atom. The third kappa shape index (κ3) is 3.47. The number of carbonyl (C=O) groups is 1. The minimum atomic E-state index is 0.0945. The Kier molecular flexibility index (Phi) is 4.80. The number of nitrogens with two attached hydrogens (primary N) is 1. The van der Waals surface area contributed by atoms with Gasteiger partial charge in [0.15, 0.2) is 0 Å². The fraction of sp³-hybridized carbons (Fsp3) is 0.533. The van der Waals surface area contributed by atoms with E-state index in [1.54, 1.807) is 0 Å². The summed E-state index contributed by atoms with van der Waals surface area (Å²) < 4.78 is 5.43. The van der Waals surface area contributed by atoms with Crippen molar-refractivity contribution in [1.29, 1.82) is 0 Å². The smallest absolute Gasteiger partial charge is 0.253 e. The lowest BCUT2D eigenvalue weighted by Gasteiger charge is -2.31. The first-order chi connectivity index (χ1) is 9.24. The highest BCUT2D eigenvalue weighted by molar-refractivity contribution is 5.94. The Morgan fingerprint density at radius 1 is 1.42 bits per heavy atom. The number of carbonyl (C=O) groups excluding carboxylic acids is 1. The average Bonchev–Trinajstić information content (AvgIpc) is 2.47. The molecule has 0 atom stereocenters. The minimum Gasteiger partial charge on any atom is -0.494 e. The van der Waals surface area contributed by atoms with Crippen molar-refractivity contribution in [2.75, 3.05) is 26.2 Å². The summed E-state index contributed by atoms with van der Waals surface area (Å²) in [6, 6.07) is 7.41. The van der Waals surface area contributed by atoms with E-state index in [0.717, 1.165) is 38.2 Å². The van der Waals surface area contributed by atoms with E-state index < -0.39 is 0 Å². The number of nitrogens with zero attached hydrogens (tertiary/aromatic N) is 1. The standard InChI is InChI=1S/C15H22N2O2/c1-2-19-14-5-3-4-13(10-14)15(18)17-8-6-12(11-16)7-9-17/h3-5,10,12H,2,6-9,11,16H2,1H3. The van der Waals surface area contributed by atoms with E-state index in [4.69, 9.17) is 10.5 Å². The van der Waals surface area contributed by atoms with Gasteiger partial charge in [-0.15, -0.1) is 0 Å². The summed E-state index contributed by atoms with van der Waals surface area (Å²) in [7, 11) is 0. The molecule has 4 nitrogen and oxygen atoms in total. The number of rotatable bonds is 4. The molecule has 1 aromatic rings. The Balaban J connectivity index is 2.01. The highest BCUT2D eigenvalue weighted by atomic mass is 16.5. The van der Waals surface area contributed by atoms with Gasteiger partial charge >= 0.3 is 0 Å². The first-order valence-electron chi connectivity index (χ1n) is 6.96. The highest BCUT2D eigenvalue weighted by Gasteiger charge is 2.22. The third-order valence-electron chi connectivity index (χ3n) is 3.63. The molecule has 1 heterocycles. The quantitative estimate of drug-likeness (QED) is 0.901. The molecule has 0 bridgehead atoms. The molecule has 1 aliphatic heterocycles. The summed E-state index contributed by atoms with van der Waals surface area (Å²) in [5.74, 6) is 1.42. The van der Waals surface area contributed by atoms with Crippen LogP contribution in [0.1, 0.15) is 30.1 Å². The Labute approximate surface area is 114 Å². The van der Waals surface area contributed by atoms with Crippen LogP contribution in [-0.2, 0) is 0 Å². The number of hydrogen-bond donors (Lipinski definition) is 1. The van der Waals surface area contributed by atoms with Gasteiger partial charge in [-0.05, 0) is 50.4 Å². The predicted octanol–water partition coefficient (Wildman–Crippen LogP) is 1.90. The zero-order chi connectivity index (χ0) is 13.7. The molecule has 2 rings (SSSR count). The zero-order valence-electron chi connectivity index (χ0n) is 11.5. The van der Waals surface area contributed by atoms with Crippen LogP contribution in [0.25, 0.3) is 0 Å². The lowest BCUT2D eigenvalue weighted by Crippen LogP contribution is -2.40. The van der Waals surface area contributed by atoms with E-state index in [1.165, 1.54) is 0 Å². The summed E-state index contributed by atoms with van der Waals surface area (Å²) in [6.45, 7) is 4.88. The molecule has 0 spiro atoms. The molecular weight excluding hydrogens is 240 g/mol. The summed E-state index contributed by atoms with van der Waals surface area (Å²) in [5, 5.41) is 0. The second-order valence-electron chi connectivity index (χ2n) is 4.93. The van der Waals surface area contributed by atoms with Crippen LogP contribution >= 0.6 is 0 Å². The fourth-order valence-corrected chi connectivity index (χ4v) is 2.44. The van der Waals surface area contributed by atoms with Gasteiger partial charge in [0.25, 0.3) is 5.91 Å². The lowest BCUT2D eigenvalue weighted by molar-refractivity contribution is 0.0693. The number of hydrogen-bond acceptors (Lipinski definition) is 3. The molecule has 2 N–H and O–H groups in total. The maximum Gasteiger partial charge on any atom is 0.253 e. The van der Waals surface area contributed by atoms with Crippen molar-refractivity contribution in [2.24, 2.45) is 11.7 Å². The third-order valence-corrected chi connectivity index (χ3v) is 3.63. The molecule has 0 radical (unpaired) electrons. The molecule has 0 aromatic heterocycles. The highest BCUT2D eigenvalue weighted by Crippen LogP contribution is 2.20. The van der Waals surface area contributed by atoms with Gasteiger partial charge in [-0.1, -0.05) is 6.07 Å². The van der Waals surface area contributed by atoms with Crippen molar-refractivity contribution in [3.05, 3.63) is 29.8 Å². The zero-order valence-corrected chi connectivity index (χ0v) is 11.5. The van der Waals surface area contributed by atoms with E-state index in [2.05, 4.69) is 0 Å². The Morgan fingerprint density at radius 2 is 2.16 bits per heavy atom. The van der Waals surface area contributed by atoms with Gasteiger partial charge in [0.05, 0.1) is 6.61 Å². The van der Waals surface area contributed by atoms with Crippen LogP contribution in [0.5, 0.6) is 5.75 Å². The molecule has 104 valence electrons. The second-order valence-corrected chi connectivity index (χ2v) is 4.93. The van der Waals surface area contributed by atoms with Gasteiger partial charge in [-0.2, -0.15) is 0 Å². The second kappa shape index (κ2) is 6.57. The first-order valence-corrected chi connectivity index (χ1v) is 6.96. The van der Waals surface area contributed by atoms with Crippen LogP contribution in [0.2, 0.25) is 0 Å². The van der Waals surface area contributed by atoms with Gasteiger partial charge in [0, 0.05) is 18.7 Å². The van der Waals surface area contributed by atoms with Gasteiger partial charge in [0.2, 0.25) is 0 Å². The maximum absolute atomic E-state index is 12.4. The normalized spacial score (nSPS) is 16.4. The largest absolute Gasteiger partial charge is 0.494 e. The Bertz CT molecular complexity index is 426. The van der Waals surface area contributed by atoms with Gasteiger partial charge < -0.3 is 15.4 Å². The van der Waals surface area contributed by atoms with Crippen LogP contribution in [0.3, 0.4) is 0 Å². The molecule has 1 saturated heterocycles. The van der Waals surface area contributed by atoms with Crippen molar-refractivity contribution < 1.29 is 9.53 Å². The van der Waals surface area contributed by atoms with Gasteiger partial charge in [-0.3, -0.25) is 4.79 Å². The van der Waals surface area contributed by atoms with E-state index in [0.29, 0.717) is 18.1 Å². The molecule has 0 aliphatic carbocycles. The first kappa shape index (κ1) is 13.9. The van der Waals surface area contributed by atoms with Crippen LogP contribution in [0.15, 0.2) is 24.3 Å². The van der Waals surface area contributed by atoms with Crippen LogP contribution in [0.4, 0.5) is 0 Å². The van der Waals surface area contributed by atoms with Gasteiger partial charge in [0.1, 0.15) is 5.75 Å². The summed E-state index contributed by atoms with van der Waals surface area (Å²) >= 11 is 0. The summed E-state index contributed by atoms with van der Waals surface area (Å²) in [5.41, 5.74) is 6.37. The van der Waals surface area contributed by atoms with E-state index >= 15 is 0 Å². The number of piperidine rings is 1. The van der Waals surface area contributed by atoms with Crippen molar-refractivity contribution in [3.63, 3.8) is 0 Å². The van der Waals surface area contributed by atoms with Crippen LogP contribution in [-0.4, -0.2) is 37.0 Å². The minimum absolute atomic E-state index is 0.0945. The number of ether oxygens (including phenoxy) is 1. The predicted molar refractivity (Wildman–Crippen MR) is 75.3 cm³/mol. The molecule has 1 aliphatic rings. The molecule has 0 unspecified atom stereocenters. The lowest BCUT2D eigenvalue weighted by atomic mass is 9.96. The van der Waals surface area contributed by atoms with Crippen molar-refractivity contribution >= 4 is 5.91 Å². The molecule has 0 saturated carbocycles. The molecule has 1 amide bonds. The van der Waals surface area contributed by atoms with Crippen LogP contribution < -0.4 is 10.5 Å². The summed E-state index contributed by atoms with van der Waals surface area (Å²) in [4.78, 5) is 14.3. The van der Waals surface area contributed by atoms with E-state index in [-0.39, 0.29) is 5.91 Å². The van der Waals surface area contributed by atoms with Gasteiger partial charge in [-0.25, -0.2) is 0 Å². The average molecular weight is 262 g/mol. The Hall–Kier alpha value is -1.55. The van der Waals surface area contributed by atoms with E-state index in [1.807, 2.05) is 36.1 Å². The molecular formula is C15H22N2O2. The van der Waals surface area contributed by atoms with E-state index in [9.17, 15) is 4.79 Å². The SMILES string of the molecule is CCOc1cccc(C(=O)N2CCC(CN)CC2)c1. The fourth-order valence-electron chi connectivity index (χ4n) is 2.44. The summed E-state index contributed by atoms with van der Waals surface area (Å²) in [6.07, 6.45) is 2.01. The topological polar surface area (TPSA) is 55.6 Å². The number of amides is 1. The van der Waals surface area contributed by atoms with Crippen molar-refractivity contribution in [2.45, 2.75) is 19.8 Å². The monoisotopic (exact) mass is 262 g/mol.